The van der Waals surface area contributed by atoms with Crippen LogP contribution in [0, 0.1) is 0 Å². The van der Waals surface area contributed by atoms with Gasteiger partial charge < -0.3 is 19.9 Å². The van der Waals surface area contributed by atoms with Crippen molar-refractivity contribution in [1.29, 1.82) is 0 Å². The van der Waals surface area contributed by atoms with Crippen LogP contribution in [0.15, 0.2) is 30.3 Å². The van der Waals surface area contributed by atoms with E-state index in [1.165, 1.54) is 11.3 Å². The number of carboxylic acid groups (broad SMARTS) is 1. The number of hydrogen-bond acceptors (Lipinski definition) is 5. The molecule has 1 aromatic heterocycles. The van der Waals surface area contributed by atoms with Crippen LogP contribution in [0.3, 0.4) is 0 Å². The van der Waals surface area contributed by atoms with Gasteiger partial charge in [0.15, 0.2) is 0 Å². The van der Waals surface area contributed by atoms with Gasteiger partial charge in [-0.25, -0.2) is 4.79 Å². The highest BCUT2D eigenvalue weighted by Gasteiger charge is 2.44. The van der Waals surface area contributed by atoms with Crippen LogP contribution in [0.25, 0.3) is 10.1 Å². The summed E-state index contributed by atoms with van der Waals surface area (Å²) in [6.45, 7) is 2.01. The number of alkyl carbamates (subject to hydrolysis) is 1. The van der Waals surface area contributed by atoms with E-state index in [-0.39, 0.29) is 6.42 Å². The molecule has 3 rings (SSSR count). The average Bonchev–Trinajstić information content (AvgIpc) is 3.02. The topological polar surface area (TPSA) is 88.2 Å². The van der Waals surface area contributed by atoms with E-state index in [0.29, 0.717) is 6.61 Å². The number of carbonyl (C=O) groups is 2. The Hall–Kier alpha value is -2.12. The second kappa shape index (κ2) is 5.58. The van der Waals surface area contributed by atoms with Crippen molar-refractivity contribution in [2.75, 3.05) is 6.61 Å². The van der Waals surface area contributed by atoms with Gasteiger partial charge in [-0.1, -0.05) is 18.2 Å². The zero-order valence-electron chi connectivity index (χ0n) is 11.9. The van der Waals surface area contributed by atoms with E-state index in [1.54, 1.807) is 6.92 Å². The summed E-state index contributed by atoms with van der Waals surface area (Å²) >= 11 is 1.46. The number of ether oxygens (including phenoxy) is 2. The summed E-state index contributed by atoms with van der Waals surface area (Å²) < 4.78 is 11.1. The van der Waals surface area contributed by atoms with E-state index >= 15 is 0 Å². The zero-order chi connectivity index (χ0) is 15.7. The van der Waals surface area contributed by atoms with Crippen LogP contribution in [-0.2, 0) is 14.3 Å². The number of carbonyl (C=O) groups excluding carboxylic acids is 1. The molecule has 1 aromatic carbocycles. The van der Waals surface area contributed by atoms with Gasteiger partial charge in [-0.05, 0) is 17.5 Å². The summed E-state index contributed by atoms with van der Waals surface area (Å²) in [7, 11) is 0. The number of hydrogen-bond donors (Lipinski definition) is 2. The monoisotopic (exact) mass is 321 g/mol. The minimum absolute atomic E-state index is 0.209. The normalized spacial score (nSPS) is 21.3. The van der Waals surface area contributed by atoms with Gasteiger partial charge in [0, 0.05) is 16.5 Å². The number of epoxide rings is 1. The highest BCUT2D eigenvalue weighted by atomic mass is 32.1. The van der Waals surface area contributed by atoms with Crippen LogP contribution in [-0.4, -0.2) is 29.6 Å². The van der Waals surface area contributed by atoms with Crippen molar-refractivity contribution in [2.24, 2.45) is 0 Å². The third kappa shape index (κ3) is 3.37. The number of thiophene rings is 1. The van der Waals surface area contributed by atoms with Gasteiger partial charge in [-0.2, -0.15) is 0 Å². The molecular weight excluding hydrogens is 306 g/mol. The lowest BCUT2D eigenvalue weighted by Gasteiger charge is -2.16. The number of benzene rings is 1. The summed E-state index contributed by atoms with van der Waals surface area (Å²) in [4.78, 5) is 23.7. The molecule has 2 aromatic rings. The van der Waals surface area contributed by atoms with Crippen LogP contribution < -0.4 is 5.32 Å². The van der Waals surface area contributed by atoms with E-state index in [2.05, 4.69) is 5.32 Å². The maximum absolute atomic E-state index is 11.9. The van der Waals surface area contributed by atoms with Crippen LogP contribution in [0.4, 0.5) is 4.79 Å². The minimum Gasteiger partial charge on any atom is -0.481 e. The van der Waals surface area contributed by atoms with Gasteiger partial charge in [-0.15, -0.1) is 11.3 Å². The van der Waals surface area contributed by atoms with Crippen LogP contribution in [0.1, 0.15) is 24.3 Å². The van der Waals surface area contributed by atoms with Crippen molar-refractivity contribution in [3.8, 4) is 0 Å². The highest BCUT2D eigenvalue weighted by Crippen LogP contribution is 2.32. The molecule has 0 bridgehead atoms. The third-order valence-corrected chi connectivity index (χ3v) is 4.55. The van der Waals surface area contributed by atoms with Gasteiger partial charge in [0.1, 0.15) is 6.61 Å². The molecule has 1 saturated heterocycles. The van der Waals surface area contributed by atoms with Crippen molar-refractivity contribution in [2.45, 2.75) is 25.2 Å². The number of carboxylic acids is 1. The number of fused-ring (bicyclic) bond motifs is 1. The van der Waals surface area contributed by atoms with Gasteiger partial charge in [0.25, 0.3) is 0 Å². The van der Waals surface area contributed by atoms with E-state index in [1.807, 2.05) is 30.3 Å². The molecule has 0 saturated carbocycles. The molecule has 0 radical (unpaired) electrons. The molecule has 0 aliphatic carbocycles. The molecule has 2 atom stereocenters. The predicted octanol–water partition coefficient (Wildman–Crippen LogP) is 2.89. The van der Waals surface area contributed by atoms with E-state index in [9.17, 15) is 9.59 Å². The Morgan fingerprint density at radius 1 is 1.50 bits per heavy atom. The fourth-order valence-electron chi connectivity index (χ4n) is 2.10. The molecule has 2 N–H and O–H groups in total. The lowest BCUT2D eigenvalue weighted by molar-refractivity contribution is -0.137. The van der Waals surface area contributed by atoms with Crippen molar-refractivity contribution in [1.82, 2.24) is 5.32 Å². The summed E-state index contributed by atoms with van der Waals surface area (Å²) in [6, 6.07) is 9.00. The first-order chi connectivity index (χ1) is 10.5. The molecule has 2 unspecified atom stereocenters. The Morgan fingerprint density at radius 2 is 2.23 bits per heavy atom. The SMILES string of the molecule is CC1(OC(=O)NC(CC(=O)O)c2cc3ccccc3s2)CO1. The fourth-order valence-corrected chi connectivity index (χ4v) is 3.22. The largest absolute Gasteiger partial charge is 0.481 e. The Kier molecular flexibility index (Phi) is 3.76. The number of rotatable bonds is 5. The van der Waals surface area contributed by atoms with Gasteiger partial charge >= 0.3 is 12.1 Å². The molecule has 1 aliphatic heterocycles. The van der Waals surface area contributed by atoms with Gasteiger partial charge in [0.2, 0.25) is 5.79 Å². The van der Waals surface area contributed by atoms with E-state index in [0.717, 1.165) is 15.0 Å². The van der Waals surface area contributed by atoms with Crippen LogP contribution in [0.2, 0.25) is 0 Å². The smallest absolute Gasteiger partial charge is 0.410 e. The molecular formula is C15H15NO5S. The molecule has 6 nitrogen and oxygen atoms in total. The average molecular weight is 321 g/mol. The van der Waals surface area contributed by atoms with Crippen molar-refractivity contribution in [3.63, 3.8) is 0 Å². The quantitative estimate of drug-likeness (QED) is 0.827. The maximum Gasteiger partial charge on any atom is 0.410 e. The predicted molar refractivity (Wildman–Crippen MR) is 80.8 cm³/mol. The molecule has 1 aliphatic rings. The summed E-state index contributed by atoms with van der Waals surface area (Å²) in [5.74, 6) is -1.87. The number of nitrogens with one attached hydrogen (secondary N) is 1. The van der Waals surface area contributed by atoms with Crippen LogP contribution >= 0.6 is 11.3 Å². The molecule has 116 valence electrons. The van der Waals surface area contributed by atoms with Crippen molar-refractivity contribution < 1.29 is 24.2 Å². The lowest BCUT2D eigenvalue weighted by Crippen LogP contribution is -2.33. The fraction of sp³-hybridized carbons (Fsp3) is 0.333. The summed E-state index contributed by atoms with van der Waals surface area (Å²) in [5, 5.41) is 12.7. The lowest BCUT2D eigenvalue weighted by atomic mass is 10.1. The van der Waals surface area contributed by atoms with Crippen molar-refractivity contribution >= 4 is 33.5 Å². The molecule has 0 spiro atoms. The molecule has 2 heterocycles. The van der Waals surface area contributed by atoms with Crippen molar-refractivity contribution in [3.05, 3.63) is 35.2 Å². The third-order valence-electron chi connectivity index (χ3n) is 3.32. The minimum atomic E-state index is -0.989. The molecule has 1 fully saturated rings. The van der Waals surface area contributed by atoms with E-state index < -0.39 is 23.9 Å². The number of amides is 1. The Bertz CT molecular complexity index is 689. The zero-order valence-corrected chi connectivity index (χ0v) is 12.7. The summed E-state index contributed by atoms with van der Waals surface area (Å²) in [6.07, 6.45) is -0.886. The maximum atomic E-state index is 11.9. The first-order valence-corrected chi connectivity index (χ1v) is 7.61. The molecule has 22 heavy (non-hydrogen) atoms. The second-order valence-electron chi connectivity index (χ2n) is 5.29. The Balaban J connectivity index is 1.79. The standard InChI is InChI=1S/C15H15NO5S/c1-15(8-20-15)21-14(19)16-10(7-13(17)18)12-6-9-4-2-3-5-11(9)22-12/h2-6,10H,7-8H2,1H3,(H,16,19)(H,17,18). The van der Waals surface area contributed by atoms with Crippen LogP contribution in [0.5, 0.6) is 0 Å². The summed E-state index contributed by atoms with van der Waals surface area (Å²) in [5.41, 5.74) is 0. The molecule has 1 amide bonds. The first kappa shape index (κ1) is 14.8. The second-order valence-corrected chi connectivity index (χ2v) is 6.41. The van der Waals surface area contributed by atoms with E-state index in [4.69, 9.17) is 14.6 Å². The van der Waals surface area contributed by atoms with Gasteiger partial charge in [0.05, 0.1) is 12.5 Å². The molecule has 7 heteroatoms. The Morgan fingerprint density at radius 3 is 2.86 bits per heavy atom. The number of aliphatic carboxylic acids is 1. The highest BCUT2D eigenvalue weighted by molar-refractivity contribution is 7.19. The first-order valence-electron chi connectivity index (χ1n) is 6.79. The Labute approximate surface area is 130 Å². The van der Waals surface area contributed by atoms with Gasteiger partial charge in [-0.3, -0.25) is 4.79 Å².